The molecule has 0 atom stereocenters. The quantitative estimate of drug-likeness (QED) is 0.559. The van der Waals surface area contributed by atoms with Crippen LogP contribution in [0.2, 0.25) is 0 Å². The number of thioether (sulfide) groups is 1. The minimum Gasteiger partial charge on any atom is -0.341 e. The Labute approximate surface area is 131 Å². The number of rotatable bonds is 5. The number of aryl methyl sites for hydroxylation is 1. The molecule has 22 heavy (non-hydrogen) atoms. The summed E-state index contributed by atoms with van der Waals surface area (Å²) in [6, 6.07) is 7.82. The molecule has 1 amide bonds. The van der Waals surface area contributed by atoms with Crippen molar-refractivity contribution in [1.29, 1.82) is 0 Å². The smallest absolute Gasteiger partial charge is 0.234 e. The minimum atomic E-state index is -0.0582. The number of hydrogen-bond acceptors (Lipinski definition) is 5. The van der Waals surface area contributed by atoms with E-state index < -0.39 is 0 Å². The lowest BCUT2D eigenvalue weighted by Crippen LogP contribution is -2.15. The van der Waals surface area contributed by atoms with Crippen molar-refractivity contribution >= 4 is 34.5 Å². The predicted molar refractivity (Wildman–Crippen MR) is 86.9 cm³/mol. The molecule has 112 valence electrons. The fourth-order valence-corrected chi connectivity index (χ4v) is 2.88. The van der Waals surface area contributed by atoms with E-state index in [1.165, 1.54) is 18.1 Å². The number of fused-ring (bicyclic) bond motifs is 1. The maximum Gasteiger partial charge on any atom is 0.234 e. The summed E-state index contributed by atoms with van der Waals surface area (Å²) in [5.41, 5.74) is 3.35. The number of carbonyl (C=O) groups excluding carboxylic acids is 1. The summed E-state index contributed by atoms with van der Waals surface area (Å²) < 4.78 is 0. The SMILES string of the molecule is CCc1ccccc1NC(=O)CSc1ncnc2nc[nH]c12. The first-order chi connectivity index (χ1) is 10.8. The molecule has 2 N–H and O–H groups in total. The van der Waals surface area contributed by atoms with Crippen molar-refractivity contribution in [3.05, 3.63) is 42.5 Å². The highest BCUT2D eigenvalue weighted by Gasteiger charge is 2.10. The van der Waals surface area contributed by atoms with E-state index in [2.05, 4.69) is 32.2 Å². The number of carbonyl (C=O) groups is 1. The predicted octanol–water partition coefficient (Wildman–Crippen LogP) is 2.65. The molecule has 0 aliphatic heterocycles. The second-order valence-electron chi connectivity index (χ2n) is 4.63. The van der Waals surface area contributed by atoms with E-state index in [1.54, 1.807) is 6.33 Å². The Bertz CT molecular complexity index is 801. The van der Waals surface area contributed by atoms with E-state index in [-0.39, 0.29) is 11.7 Å². The lowest BCUT2D eigenvalue weighted by molar-refractivity contribution is -0.113. The zero-order valence-electron chi connectivity index (χ0n) is 12.0. The van der Waals surface area contributed by atoms with Crippen LogP contribution in [0.25, 0.3) is 11.2 Å². The maximum atomic E-state index is 12.1. The van der Waals surface area contributed by atoms with Gasteiger partial charge in [0, 0.05) is 5.69 Å². The van der Waals surface area contributed by atoms with Crippen molar-refractivity contribution in [2.75, 3.05) is 11.1 Å². The Morgan fingerprint density at radius 1 is 1.27 bits per heavy atom. The molecule has 3 aromatic rings. The Balaban J connectivity index is 1.66. The summed E-state index contributed by atoms with van der Waals surface area (Å²) in [7, 11) is 0. The summed E-state index contributed by atoms with van der Waals surface area (Å²) in [4.78, 5) is 27.4. The second-order valence-corrected chi connectivity index (χ2v) is 5.59. The molecule has 0 saturated heterocycles. The Hall–Kier alpha value is -2.41. The number of amides is 1. The Morgan fingerprint density at radius 2 is 2.14 bits per heavy atom. The molecule has 0 fully saturated rings. The van der Waals surface area contributed by atoms with Crippen LogP contribution in [0.5, 0.6) is 0 Å². The van der Waals surface area contributed by atoms with E-state index in [1.807, 2.05) is 24.3 Å². The molecule has 1 aromatic carbocycles. The van der Waals surface area contributed by atoms with Crippen LogP contribution in [0.1, 0.15) is 12.5 Å². The van der Waals surface area contributed by atoms with Crippen LogP contribution in [-0.4, -0.2) is 31.6 Å². The zero-order valence-corrected chi connectivity index (χ0v) is 12.9. The van der Waals surface area contributed by atoms with Crippen LogP contribution in [0.15, 0.2) is 41.9 Å². The van der Waals surface area contributed by atoms with Crippen molar-refractivity contribution in [2.45, 2.75) is 18.4 Å². The van der Waals surface area contributed by atoms with Gasteiger partial charge in [-0.05, 0) is 18.1 Å². The number of imidazole rings is 1. The average Bonchev–Trinajstić information content (AvgIpc) is 3.02. The van der Waals surface area contributed by atoms with Crippen molar-refractivity contribution < 1.29 is 4.79 Å². The topological polar surface area (TPSA) is 83.6 Å². The number of para-hydroxylation sites is 1. The summed E-state index contributed by atoms with van der Waals surface area (Å²) >= 11 is 1.36. The van der Waals surface area contributed by atoms with Crippen molar-refractivity contribution in [3.8, 4) is 0 Å². The normalized spacial score (nSPS) is 10.8. The Kier molecular flexibility index (Phi) is 4.34. The molecule has 0 aliphatic rings. The first-order valence-electron chi connectivity index (χ1n) is 6.92. The molecule has 0 radical (unpaired) electrons. The average molecular weight is 313 g/mol. The van der Waals surface area contributed by atoms with Crippen LogP contribution < -0.4 is 5.32 Å². The summed E-state index contributed by atoms with van der Waals surface area (Å²) in [5, 5.41) is 3.67. The van der Waals surface area contributed by atoms with E-state index in [0.717, 1.165) is 28.2 Å². The van der Waals surface area contributed by atoms with Crippen molar-refractivity contribution in [1.82, 2.24) is 19.9 Å². The fourth-order valence-electron chi connectivity index (χ4n) is 2.12. The Morgan fingerprint density at radius 3 is 3.00 bits per heavy atom. The molecule has 2 aromatic heterocycles. The largest absolute Gasteiger partial charge is 0.341 e. The minimum absolute atomic E-state index is 0.0582. The first-order valence-corrected chi connectivity index (χ1v) is 7.91. The van der Waals surface area contributed by atoms with Crippen molar-refractivity contribution in [3.63, 3.8) is 0 Å². The fraction of sp³-hybridized carbons (Fsp3) is 0.200. The van der Waals surface area contributed by atoms with Gasteiger partial charge in [-0.2, -0.15) is 0 Å². The number of nitrogens with zero attached hydrogens (tertiary/aromatic N) is 3. The molecule has 0 bridgehead atoms. The lowest BCUT2D eigenvalue weighted by atomic mass is 10.1. The maximum absolute atomic E-state index is 12.1. The molecule has 2 heterocycles. The van der Waals surface area contributed by atoms with Gasteiger partial charge in [0.2, 0.25) is 5.91 Å². The van der Waals surface area contributed by atoms with Gasteiger partial charge in [0.1, 0.15) is 16.9 Å². The number of nitrogens with one attached hydrogen (secondary N) is 2. The first kappa shape index (κ1) is 14.5. The number of anilines is 1. The molecule has 6 nitrogen and oxygen atoms in total. The molecule has 7 heteroatoms. The number of benzene rings is 1. The summed E-state index contributed by atoms with van der Waals surface area (Å²) in [6.45, 7) is 2.07. The molecule has 3 rings (SSSR count). The van der Waals surface area contributed by atoms with Gasteiger partial charge in [-0.15, -0.1) is 0 Å². The van der Waals surface area contributed by atoms with Crippen LogP contribution in [0.4, 0.5) is 5.69 Å². The van der Waals surface area contributed by atoms with Gasteiger partial charge in [-0.3, -0.25) is 4.79 Å². The van der Waals surface area contributed by atoms with Gasteiger partial charge in [0.05, 0.1) is 12.1 Å². The highest BCUT2D eigenvalue weighted by atomic mass is 32.2. The zero-order chi connectivity index (χ0) is 15.4. The lowest BCUT2D eigenvalue weighted by Gasteiger charge is -2.09. The molecule has 0 aliphatic carbocycles. The molecular formula is C15H15N5OS. The van der Waals surface area contributed by atoms with Crippen LogP contribution in [0, 0.1) is 0 Å². The molecular weight excluding hydrogens is 298 g/mol. The second kappa shape index (κ2) is 6.57. The number of H-pyrrole nitrogens is 1. The third-order valence-electron chi connectivity index (χ3n) is 3.20. The standard InChI is InChI=1S/C15H15N5OS/c1-2-10-5-3-4-6-11(10)20-12(21)7-22-15-13-14(17-8-16-13)18-9-19-15/h3-6,8-9H,2,7H2,1H3,(H,20,21)(H,16,17,18,19). The van der Waals surface area contributed by atoms with E-state index in [4.69, 9.17) is 0 Å². The molecule has 0 saturated carbocycles. The highest BCUT2D eigenvalue weighted by molar-refractivity contribution is 8.00. The van der Waals surface area contributed by atoms with Crippen LogP contribution in [-0.2, 0) is 11.2 Å². The summed E-state index contributed by atoms with van der Waals surface area (Å²) in [6.07, 6.45) is 3.90. The van der Waals surface area contributed by atoms with Crippen LogP contribution in [0.3, 0.4) is 0 Å². The third-order valence-corrected chi connectivity index (χ3v) is 4.19. The molecule has 0 spiro atoms. The third kappa shape index (κ3) is 3.09. The van der Waals surface area contributed by atoms with Gasteiger partial charge >= 0.3 is 0 Å². The van der Waals surface area contributed by atoms with Gasteiger partial charge in [0.15, 0.2) is 5.65 Å². The van der Waals surface area contributed by atoms with Crippen molar-refractivity contribution in [2.24, 2.45) is 0 Å². The van der Waals surface area contributed by atoms with Gasteiger partial charge in [-0.1, -0.05) is 36.9 Å². The van der Waals surface area contributed by atoms with E-state index >= 15 is 0 Å². The highest BCUT2D eigenvalue weighted by Crippen LogP contribution is 2.22. The molecule has 0 unspecified atom stereocenters. The number of aromatic amines is 1. The number of hydrogen-bond donors (Lipinski definition) is 2. The van der Waals surface area contributed by atoms with Gasteiger partial charge in [0.25, 0.3) is 0 Å². The van der Waals surface area contributed by atoms with E-state index in [9.17, 15) is 4.79 Å². The van der Waals surface area contributed by atoms with Crippen LogP contribution >= 0.6 is 11.8 Å². The van der Waals surface area contributed by atoms with Gasteiger partial charge < -0.3 is 10.3 Å². The van der Waals surface area contributed by atoms with E-state index in [0.29, 0.717) is 5.65 Å². The summed E-state index contributed by atoms with van der Waals surface area (Å²) in [5.74, 6) is 0.223. The van der Waals surface area contributed by atoms with Gasteiger partial charge in [-0.25, -0.2) is 15.0 Å². The number of aromatic nitrogens is 4. The monoisotopic (exact) mass is 313 g/mol.